The van der Waals surface area contributed by atoms with Gasteiger partial charge in [-0.1, -0.05) is 39.8 Å². The summed E-state index contributed by atoms with van der Waals surface area (Å²) in [5, 5.41) is 7.32. The Morgan fingerprint density at radius 2 is 1.75 bits per heavy atom. The quantitative estimate of drug-likeness (QED) is 0.607. The number of thioether (sulfide) groups is 1. The predicted octanol–water partition coefficient (Wildman–Crippen LogP) is 4.00. The topological polar surface area (TPSA) is 49.8 Å². The van der Waals surface area contributed by atoms with Crippen LogP contribution in [-0.2, 0) is 6.54 Å². The van der Waals surface area contributed by atoms with Crippen molar-refractivity contribution in [3.05, 3.63) is 40.4 Å². The van der Waals surface area contributed by atoms with Crippen molar-refractivity contribution in [2.45, 2.75) is 18.6 Å². The maximum atomic E-state index is 4.46. The van der Waals surface area contributed by atoms with Gasteiger partial charge in [-0.3, -0.25) is 0 Å². The molecular weight excluding hydrogens is 336 g/mol. The number of hydrogen-bond acceptors (Lipinski definition) is 5. The van der Waals surface area contributed by atoms with Crippen molar-refractivity contribution in [2.75, 3.05) is 23.4 Å². The molecule has 2 N–H and O–H groups in total. The van der Waals surface area contributed by atoms with Gasteiger partial charge < -0.3 is 10.6 Å². The third-order valence-electron chi connectivity index (χ3n) is 2.63. The first-order valence-electron chi connectivity index (χ1n) is 6.36. The second kappa shape index (κ2) is 7.50. The van der Waals surface area contributed by atoms with Crippen molar-refractivity contribution in [2.24, 2.45) is 0 Å². The molecule has 0 unspecified atom stereocenters. The molecule has 0 amide bonds. The van der Waals surface area contributed by atoms with Crippen molar-refractivity contribution in [3.8, 4) is 0 Å². The highest BCUT2D eigenvalue weighted by atomic mass is 79.9. The van der Waals surface area contributed by atoms with E-state index >= 15 is 0 Å². The van der Waals surface area contributed by atoms with Crippen LogP contribution in [0.4, 0.5) is 11.6 Å². The Balaban J connectivity index is 2.07. The first-order chi connectivity index (χ1) is 9.71. The van der Waals surface area contributed by atoms with Gasteiger partial charge in [0.1, 0.15) is 11.6 Å². The molecule has 4 nitrogen and oxygen atoms in total. The van der Waals surface area contributed by atoms with Crippen LogP contribution in [0.2, 0.25) is 0 Å². The van der Waals surface area contributed by atoms with Crippen molar-refractivity contribution in [1.82, 2.24) is 9.97 Å². The standard InChI is InChI=1S/C14H17BrN4S/c1-3-16-12-8-13(19-14(18-12)20-2)17-9-10-4-6-11(15)7-5-10/h4-8H,3,9H2,1-2H3,(H2,16,17,18,19). The molecule has 0 aliphatic carbocycles. The van der Waals surface area contributed by atoms with Crippen LogP contribution >= 0.6 is 27.7 Å². The van der Waals surface area contributed by atoms with E-state index in [4.69, 9.17) is 0 Å². The summed E-state index contributed by atoms with van der Waals surface area (Å²) in [6, 6.07) is 10.2. The van der Waals surface area contributed by atoms with Gasteiger partial charge in [-0.15, -0.1) is 0 Å². The Morgan fingerprint density at radius 1 is 1.10 bits per heavy atom. The van der Waals surface area contributed by atoms with Crippen molar-refractivity contribution in [3.63, 3.8) is 0 Å². The summed E-state index contributed by atoms with van der Waals surface area (Å²) in [5.41, 5.74) is 1.21. The van der Waals surface area contributed by atoms with Crippen LogP contribution < -0.4 is 10.6 Å². The molecule has 6 heteroatoms. The summed E-state index contributed by atoms with van der Waals surface area (Å²) in [7, 11) is 0. The number of aromatic nitrogens is 2. The van der Waals surface area contributed by atoms with E-state index in [-0.39, 0.29) is 0 Å². The van der Waals surface area contributed by atoms with Crippen molar-refractivity contribution < 1.29 is 0 Å². The van der Waals surface area contributed by atoms with E-state index in [9.17, 15) is 0 Å². The highest BCUT2D eigenvalue weighted by molar-refractivity contribution is 9.10. The summed E-state index contributed by atoms with van der Waals surface area (Å²) < 4.78 is 1.09. The van der Waals surface area contributed by atoms with E-state index in [1.807, 2.05) is 24.5 Å². The summed E-state index contributed by atoms with van der Waals surface area (Å²) in [5.74, 6) is 1.69. The van der Waals surface area contributed by atoms with Gasteiger partial charge in [-0.05, 0) is 30.9 Å². The normalized spacial score (nSPS) is 10.3. The first kappa shape index (κ1) is 15.1. The maximum absolute atomic E-state index is 4.46. The lowest BCUT2D eigenvalue weighted by molar-refractivity contribution is 0.950. The minimum Gasteiger partial charge on any atom is -0.370 e. The van der Waals surface area contributed by atoms with Crippen LogP contribution in [0.1, 0.15) is 12.5 Å². The molecule has 0 saturated carbocycles. The van der Waals surface area contributed by atoms with Gasteiger partial charge in [0.25, 0.3) is 0 Å². The Hall–Kier alpha value is -1.27. The summed E-state index contributed by atoms with van der Waals surface area (Å²) in [4.78, 5) is 8.86. The van der Waals surface area contributed by atoms with Crippen LogP contribution in [0, 0.1) is 0 Å². The lowest BCUT2D eigenvalue weighted by Crippen LogP contribution is -2.06. The van der Waals surface area contributed by atoms with E-state index in [0.29, 0.717) is 0 Å². The Kier molecular flexibility index (Phi) is 5.67. The number of hydrogen-bond donors (Lipinski definition) is 2. The lowest BCUT2D eigenvalue weighted by Gasteiger charge is -2.10. The molecule has 0 aliphatic rings. The molecule has 20 heavy (non-hydrogen) atoms. The fourth-order valence-corrected chi connectivity index (χ4v) is 2.32. The molecule has 0 bridgehead atoms. The Labute approximate surface area is 131 Å². The van der Waals surface area contributed by atoms with Crippen LogP contribution in [0.5, 0.6) is 0 Å². The minimum atomic E-state index is 0.740. The predicted molar refractivity (Wildman–Crippen MR) is 89.4 cm³/mol. The minimum absolute atomic E-state index is 0.740. The molecule has 0 radical (unpaired) electrons. The average molecular weight is 353 g/mol. The largest absolute Gasteiger partial charge is 0.370 e. The zero-order valence-electron chi connectivity index (χ0n) is 11.5. The summed E-state index contributed by atoms with van der Waals surface area (Å²) >= 11 is 4.97. The van der Waals surface area contributed by atoms with E-state index in [0.717, 1.165) is 34.4 Å². The molecule has 0 spiro atoms. The smallest absolute Gasteiger partial charge is 0.191 e. The average Bonchev–Trinajstić information content (AvgIpc) is 2.47. The van der Waals surface area contributed by atoms with E-state index in [1.165, 1.54) is 17.3 Å². The molecule has 1 aromatic carbocycles. The van der Waals surface area contributed by atoms with E-state index in [1.54, 1.807) is 0 Å². The van der Waals surface area contributed by atoms with Gasteiger partial charge in [0, 0.05) is 23.6 Å². The molecule has 0 atom stereocenters. The molecule has 0 fully saturated rings. The molecule has 2 aromatic rings. The highest BCUT2D eigenvalue weighted by Gasteiger charge is 2.03. The molecule has 0 aliphatic heterocycles. The van der Waals surface area contributed by atoms with Gasteiger partial charge in [-0.2, -0.15) is 0 Å². The number of anilines is 2. The summed E-state index contributed by atoms with van der Waals surface area (Å²) in [6.45, 7) is 3.64. The summed E-state index contributed by atoms with van der Waals surface area (Å²) in [6.07, 6.45) is 1.98. The Bertz CT molecular complexity index is 560. The number of rotatable bonds is 6. The molecular formula is C14H17BrN4S. The third-order valence-corrected chi connectivity index (χ3v) is 3.71. The van der Waals surface area contributed by atoms with E-state index in [2.05, 4.69) is 55.6 Å². The fourth-order valence-electron chi connectivity index (χ4n) is 1.67. The SMILES string of the molecule is CCNc1cc(NCc2ccc(Br)cc2)nc(SC)n1. The molecule has 106 valence electrons. The van der Waals surface area contributed by atoms with Crippen LogP contribution in [-0.4, -0.2) is 22.8 Å². The maximum Gasteiger partial charge on any atom is 0.191 e. The number of halogens is 1. The fraction of sp³-hybridized carbons (Fsp3) is 0.286. The van der Waals surface area contributed by atoms with Crippen molar-refractivity contribution >= 4 is 39.3 Å². The molecule has 0 saturated heterocycles. The Morgan fingerprint density at radius 3 is 2.35 bits per heavy atom. The number of nitrogens with zero attached hydrogens (tertiary/aromatic N) is 2. The zero-order chi connectivity index (χ0) is 14.4. The number of benzene rings is 1. The molecule has 1 aromatic heterocycles. The van der Waals surface area contributed by atoms with Gasteiger partial charge >= 0.3 is 0 Å². The zero-order valence-corrected chi connectivity index (χ0v) is 13.9. The van der Waals surface area contributed by atoms with Crippen molar-refractivity contribution in [1.29, 1.82) is 0 Å². The monoisotopic (exact) mass is 352 g/mol. The number of nitrogens with one attached hydrogen (secondary N) is 2. The van der Waals surface area contributed by atoms with Gasteiger partial charge in [0.05, 0.1) is 0 Å². The van der Waals surface area contributed by atoms with Gasteiger partial charge in [0.15, 0.2) is 5.16 Å². The van der Waals surface area contributed by atoms with Gasteiger partial charge in [0.2, 0.25) is 0 Å². The lowest BCUT2D eigenvalue weighted by atomic mass is 10.2. The molecule has 1 heterocycles. The molecule has 2 rings (SSSR count). The van der Waals surface area contributed by atoms with Crippen LogP contribution in [0.3, 0.4) is 0 Å². The second-order valence-electron chi connectivity index (χ2n) is 4.14. The van der Waals surface area contributed by atoms with Crippen LogP contribution in [0.15, 0.2) is 40.0 Å². The second-order valence-corrected chi connectivity index (χ2v) is 5.82. The van der Waals surface area contributed by atoms with Gasteiger partial charge in [-0.25, -0.2) is 9.97 Å². The first-order valence-corrected chi connectivity index (χ1v) is 8.38. The van der Waals surface area contributed by atoms with E-state index < -0.39 is 0 Å². The van der Waals surface area contributed by atoms with Crippen LogP contribution in [0.25, 0.3) is 0 Å². The third kappa shape index (κ3) is 4.38. The highest BCUT2D eigenvalue weighted by Crippen LogP contribution is 2.18.